The first-order valence-electron chi connectivity index (χ1n) is 5.76. The van der Waals surface area contributed by atoms with E-state index in [1.54, 1.807) is 39.0 Å². The van der Waals surface area contributed by atoms with E-state index < -0.39 is 23.5 Å². The second-order valence-electron chi connectivity index (χ2n) is 5.25. The molecule has 2 amide bonds. The maximum atomic E-state index is 11.8. The molecule has 0 radical (unpaired) electrons. The molecule has 104 valence electrons. The molecule has 5 nitrogen and oxygen atoms in total. The highest BCUT2D eigenvalue weighted by Crippen LogP contribution is 2.20. The summed E-state index contributed by atoms with van der Waals surface area (Å²) in [5, 5.41) is 14.2. The third kappa shape index (κ3) is 4.90. The molecule has 3 N–H and O–H groups in total. The number of carboxylic acid groups (broad SMARTS) is 1. The second kappa shape index (κ2) is 6.06. The van der Waals surface area contributed by atoms with E-state index in [4.69, 9.17) is 5.11 Å². The molecule has 0 spiro atoms. The summed E-state index contributed by atoms with van der Waals surface area (Å²) in [6.07, 6.45) is 0. The van der Waals surface area contributed by atoms with Crippen molar-refractivity contribution < 1.29 is 14.7 Å². The average Bonchev–Trinajstić information content (AvgIpc) is 2.24. The number of carbonyl (C=O) groups excluding carboxylic acids is 1. The van der Waals surface area contributed by atoms with Crippen molar-refractivity contribution in [2.45, 2.75) is 26.8 Å². The van der Waals surface area contributed by atoms with Crippen LogP contribution in [0.4, 0.5) is 10.5 Å². The van der Waals surface area contributed by atoms with Gasteiger partial charge >= 0.3 is 12.0 Å². The van der Waals surface area contributed by atoms with Crippen LogP contribution in [0.1, 0.15) is 20.8 Å². The fraction of sp³-hybridized carbons (Fsp3) is 0.385. The maximum Gasteiger partial charge on any atom is 0.326 e. The van der Waals surface area contributed by atoms with Gasteiger partial charge in [-0.1, -0.05) is 42.8 Å². The van der Waals surface area contributed by atoms with Gasteiger partial charge in [0.25, 0.3) is 0 Å². The highest BCUT2D eigenvalue weighted by Gasteiger charge is 2.32. The Morgan fingerprint density at radius 1 is 1.32 bits per heavy atom. The lowest BCUT2D eigenvalue weighted by atomic mass is 9.87. The van der Waals surface area contributed by atoms with Crippen molar-refractivity contribution in [3.8, 4) is 0 Å². The van der Waals surface area contributed by atoms with Gasteiger partial charge in [0.1, 0.15) is 6.04 Å². The smallest absolute Gasteiger partial charge is 0.326 e. The van der Waals surface area contributed by atoms with Gasteiger partial charge < -0.3 is 15.7 Å². The van der Waals surface area contributed by atoms with Crippen LogP contribution in [0.2, 0.25) is 0 Å². The first-order valence-corrected chi connectivity index (χ1v) is 6.55. The molecular weight excluding hydrogens is 312 g/mol. The molecule has 0 bridgehead atoms. The summed E-state index contributed by atoms with van der Waals surface area (Å²) >= 11 is 3.29. The van der Waals surface area contributed by atoms with Crippen molar-refractivity contribution >= 4 is 33.6 Å². The number of aliphatic carboxylic acids is 1. The van der Waals surface area contributed by atoms with Gasteiger partial charge in [-0.2, -0.15) is 0 Å². The van der Waals surface area contributed by atoms with Crippen LogP contribution in [0.15, 0.2) is 28.7 Å². The zero-order valence-electron chi connectivity index (χ0n) is 11.0. The number of carbonyl (C=O) groups is 2. The minimum Gasteiger partial charge on any atom is -0.480 e. The third-order valence-corrected chi connectivity index (χ3v) is 2.96. The lowest BCUT2D eigenvalue weighted by Gasteiger charge is -2.27. The number of halogens is 1. The standard InChI is InChI=1S/C13H17BrN2O3/c1-13(2,3)10(11(17)18)16-12(19)15-9-6-4-5-8(14)7-9/h4-7,10H,1-3H3,(H,17,18)(H2,15,16,19)/t10-/m0/s1. The van der Waals surface area contributed by atoms with Crippen LogP contribution in [-0.4, -0.2) is 23.1 Å². The summed E-state index contributed by atoms with van der Waals surface area (Å²) in [4.78, 5) is 22.9. The molecule has 0 saturated carbocycles. The summed E-state index contributed by atoms with van der Waals surface area (Å²) < 4.78 is 0.830. The number of urea groups is 1. The van der Waals surface area contributed by atoms with Gasteiger partial charge in [-0.25, -0.2) is 9.59 Å². The van der Waals surface area contributed by atoms with Gasteiger partial charge in [-0.05, 0) is 23.6 Å². The Morgan fingerprint density at radius 3 is 2.42 bits per heavy atom. The topological polar surface area (TPSA) is 78.4 Å². The predicted octanol–water partition coefficient (Wildman–Crippen LogP) is 3.07. The molecule has 1 rings (SSSR count). The Kier molecular flexibility index (Phi) is 4.94. The largest absolute Gasteiger partial charge is 0.480 e. The number of amides is 2. The molecule has 0 aromatic heterocycles. The lowest BCUT2D eigenvalue weighted by molar-refractivity contribution is -0.141. The number of rotatable bonds is 3. The zero-order chi connectivity index (χ0) is 14.6. The van der Waals surface area contributed by atoms with Crippen LogP contribution in [0.25, 0.3) is 0 Å². The van der Waals surface area contributed by atoms with Crippen molar-refractivity contribution in [2.75, 3.05) is 5.32 Å². The molecule has 0 aliphatic heterocycles. The van der Waals surface area contributed by atoms with E-state index in [2.05, 4.69) is 26.6 Å². The van der Waals surface area contributed by atoms with Crippen molar-refractivity contribution in [2.24, 2.45) is 5.41 Å². The number of hydrogen-bond donors (Lipinski definition) is 3. The van der Waals surface area contributed by atoms with Crippen molar-refractivity contribution in [3.05, 3.63) is 28.7 Å². The number of carboxylic acids is 1. The minimum atomic E-state index is -1.06. The Labute approximate surface area is 120 Å². The normalized spacial score (nSPS) is 12.6. The summed E-state index contributed by atoms with van der Waals surface area (Å²) in [5.41, 5.74) is 0.0189. The number of benzene rings is 1. The fourth-order valence-electron chi connectivity index (χ4n) is 1.51. The highest BCUT2D eigenvalue weighted by molar-refractivity contribution is 9.10. The molecular formula is C13H17BrN2O3. The summed E-state index contributed by atoms with van der Waals surface area (Å²) in [5.74, 6) is -1.06. The van der Waals surface area contributed by atoms with Gasteiger partial charge in [0.2, 0.25) is 0 Å². The predicted molar refractivity (Wildman–Crippen MR) is 77.2 cm³/mol. The van der Waals surface area contributed by atoms with Gasteiger partial charge in [0, 0.05) is 10.2 Å². The average molecular weight is 329 g/mol. The number of anilines is 1. The van der Waals surface area contributed by atoms with E-state index in [1.807, 2.05) is 6.07 Å². The summed E-state index contributed by atoms with van der Waals surface area (Å²) in [7, 11) is 0. The Bertz CT molecular complexity index is 483. The second-order valence-corrected chi connectivity index (χ2v) is 6.16. The van der Waals surface area contributed by atoms with E-state index in [-0.39, 0.29) is 0 Å². The van der Waals surface area contributed by atoms with Gasteiger partial charge in [0.05, 0.1) is 0 Å². The van der Waals surface area contributed by atoms with E-state index in [1.165, 1.54) is 0 Å². The molecule has 0 unspecified atom stereocenters. The molecule has 0 aliphatic carbocycles. The van der Waals surface area contributed by atoms with Gasteiger partial charge in [0.15, 0.2) is 0 Å². The van der Waals surface area contributed by atoms with Crippen LogP contribution in [-0.2, 0) is 4.79 Å². The van der Waals surface area contributed by atoms with Crippen LogP contribution < -0.4 is 10.6 Å². The summed E-state index contributed by atoms with van der Waals surface area (Å²) in [6.45, 7) is 5.27. The number of nitrogens with one attached hydrogen (secondary N) is 2. The monoisotopic (exact) mass is 328 g/mol. The molecule has 1 aromatic carbocycles. The Morgan fingerprint density at radius 2 is 1.95 bits per heavy atom. The Balaban J connectivity index is 2.71. The molecule has 1 atom stereocenters. The van der Waals surface area contributed by atoms with Crippen molar-refractivity contribution in [1.29, 1.82) is 0 Å². The van der Waals surface area contributed by atoms with Crippen molar-refractivity contribution in [3.63, 3.8) is 0 Å². The van der Waals surface area contributed by atoms with Gasteiger partial charge in [-0.3, -0.25) is 0 Å². The molecule has 0 heterocycles. The van der Waals surface area contributed by atoms with Crippen molar-refractivity contribution in [1.82, 2.24) is 5.32 Å². The highest BCUT2D eigenvalue weighted by atomic mass is 79.9. The third-order valence-electron chi connectivity index (χ3n) is 2.47. The van der Waals surface area contributed by atoms with Gasteiger partial charge in [-0.15, -0.1) is 0 Å². The fourth-order valence-corrected chi connectivity index (χ4v) is 1.91. The van der Waals surface area contributed by atoms with Crippen LogP contribution in [0.5, 0.6) is 0 Å². The van der Waals surface area contributed by atoms with E-state index in [0.29, 0.717) is 5.69 Å². The van der Waals surface area contributed by atoms with Crippen LogP contribution in [0, 0.1) is 5.41 Å². The molecule has 1 aromatic rings. The Hall–Kier alpha value is -1.56. The van der Waals surface area contributed by atoms with Crippen LogP contribution in [0.3, 0.4) is 0 Å². The van der Waals surface area contributed by atoms with Crippen LogP contribution >= 0.6 is 15.9 Å². The first-order chi connectivity index (χ1) is 8.70. The first kappa shape index (κ1) is 15.5. The number of hydrogen-bond acceptors (Lipinski definition) is 2. The zero-order valence-corrected chi connectivity index (χ0v) is 12.6. The molecule has 0 fully saturated rings. The van der Waals surface area contributed by atoms with E-state index in [0.717, 1.165) is 4.47 Å². The quantitative estimate of drug-likeness (QED) is 0.797. The molecule has 0 saturated heterocycles. The maximum absolute atomic E-state index is 11.8. The SMILES string of the molecule is CC(C)(C)[C@@H](NC(=O)Nc1cccc(Br)c1)C(=O)O. The van der Waals surface area contributed by atoms with E-state index >= 15 is 0 Å². The molecule has 6 heteroatoms. The molecule has 0 aliphatic rings. The summed E-state index contributed by atoms with van der Waals surface area (Å²) in [6, 6.07) is 5.56. The van der Waals surface area contributed by atoms with E-state index in [9.17, 15) is 9.59 Å². The molecule has 19 heavy (non-hydrogen) atoms. The lowest BCUT2D eigenvalue weighted by Crippen LogP contribution is -2.50. The minimum absolute atomic E-state index is 0.541.